The molecule has 0 radical (unpaired) electrons. The molecule has 2 aromatic rings. The van der Waals surface area contributed by atoms with Crippen LogP contribution in [0.2, 0.25) is 0 Å². The summed E-state index contributed by atoms with van der Waals surface area (Å²) in [5.41, 5.74) is 11.2. The molecule has 0 unspecified atom stereocenters. The van der Waals surface area contributed by atoms with E-state index in [0.29, 0.717) is 44.2 Å². The van der Waals surface area contributed by atoms with Gasteiger partial charge in [0.1, 0.15) is 11.6 Å². The molecule has 2 saturated carbocycles. The fraction of sp³-hybridized carbons (Fsp3) is 0.691. The summed E-state index contributed by atoms with van der Waals surface area (Å²) in [6, 6.07) is 15.3. The SMILES string of the molecule is C[C@H]1C[C@@H](C(=O)C[C@@H]2CCCc3ccccc32)N(C(=O)[C@@H](N)C2CCCCC2)C1.C[C@H]1C[C@@H](C(=O)C[C@@H]2CCCc3ccccc32)N(C(=O)[C@@H](NC(=O)OC(C)(C)C)C2CCCCC2)C1. The van der Waals surface area contributed by atoms with E-state index in [2.05, 4.69) is 67.7 Å². The van der Waals surface area contributed by atoms with Crippen LogP contribution >= 0.6 is 0 Å². The number of alkyl carbamates (subject to hydrolysis) is 1. The minimum Gasteiger partial charge on any atom is -0.444 e. The van der Waals surface area contributed by atoms with E-state index in [1.807, 2.05) is 25.7 Å². The number of nitrogens with one attached hydrogen (secondary N) is 1. The molecule has 3 amide bonds. The van der Waals surface area contributed by atoms with Crippen LogP contribution in [0.3, 0.4) is 0 Å². The third kappa shape index (κ3) is 12.5. The number of carbonyl (C=O) groups excluding carboxylic acids is 5. The summed E-state index contributed by atoms with van der Waals surface area (Å²) in [6.45, 7) is 11.0. The van der Waals surface area contributed by atoms with Crippen molar-refractivity contribution >= 4 is 29.5 Å². The van der Waals surface area contributed by atoms with Crippen molar-refractivity contribution < 1.29 is 28.7 Å². The van der Waals surface area contributed by atoms with E-state index < -0.39 is 29.8 Å². The van der Waals surface area contributed by atoms with Gasteiger partial charge >= 0.3 is 6.09 Å². The molecule has 10 nitrogen and oxygen atoms in total. The zero-order chi connectivity index (χ0) is 46.3. The lowest BCUT2D eigenvalue weighted by molar-refractivity contribution is -0.140. The smallest absolute Gasteiger partial charge is 0.408 e. The molecule has 65 heavy (non-hydrogen) atoms. The average molecular weight is 893 g/mol. The van der Waals surface area contributed by atoms with Crippen LogP contribution in [0.15, 0.2) is 48.5 Å². The van der Waals surface area contributed by atoms with Crippen molar-refractivity contribution in [3.8, 4) is 0 Å². The highest BCUT2D eigenvalue weighted by Crippen LogP contribution is 2.39. The van der Waals surface area contributed by atoms with E-state index in [1.54, 1.807) is 4.90 Å². The lowest BCUT2D eigenvalue weighted by atomic mass is 9.79. The van der Waals surface area contributed by atoms with Crippen LogP contribution in [-0.4, -0.2) is 82.1 Å². The highest BCUT2D eigenvalue weighted by molar-refractivity contribution is 5.94. The maximum absolute atomic E-state index is 14.0. The van der Waals surface area contributed by atoms with Crippen molar-refractivity contribution in [1.82, 2.24) is 15.1 Å². The van der Waals surface area contributed by atoms with Crippen molar-refractivity contribution in [2.24, 2.45) is 29.4 Å². The second-order valence-electron chi connectivity index (χ2n) is 22.1. The maximum Gasteiger partial charge on any atom is 0.408 e. The van der Waals surface area contributed by atoms with Gasteiger partial charge in [0.05, 0.1) is 18.1 Å². The number of benzene rings is 2. The van der Waals surface area contributed by atoms with Gasteiger partial charge in [-0.1, -0.05) is 101 Å². The molecule has 2 aliphatic heterocycles. The first kappa shape index (κ1) is 48.9. The van der Waals surface area contributed by atoms with E-state index >= 15 is 0 Å². The Balaban J connectivity index is 0.000000198. The number of ketones is 2. The highest BCUT2D eigenvalue weighted by Gasteiger charge is 2.45. The van der Waals surface area contributed by atoms with Gasteiger partial charge in [0, 0.05) is 25.9 Å². The van der Waals surface area contributed by atoms with E-state index in [1.165, 1.54) is 41.5 Å². The number of fused-ring (bicyclic) bond motifs is 2. The van der Waals surface area contributed by atoms with Gasteiger partial charge in [0.15, 0.2) is 11.6 Å². The van der Waals surface area contributed by atoms with E-state index in [0.717, 1.165) is 89.9 Å². The Kier molecular flexibility index (Phi) is 16.7. The van der Waals surface area contributed by atoms with Crippen molar-refractivity contribution in [3.63, 3.8) is 0 Å². The number of Topliss-reactive ketones (excluding diaryl/α,β-unsaturated/α-hetero) is 2. The molecular formula is C55H80N4O6. The number of ether oxygens (including phenoxy) is 1. The molecule has 2 heterocycles. The molecule has 356 valence electrons. The molecule has 8 atom stereocenters. The Labute approximate surface area is 389 Å². The van der Waals surface area contributed by atoms with Crippen molar-refractivity contribution in [2.45, 2.75) is 205 Å². The van der Waals surface area contributed by atoms with Gasteiger partial charge in [0.25, 0.3) is 0 Å². The normalized spacial score (nSPS) is 27.0. The first-order chi connectivity index (χ1) is 31.2. The second kappa shape index (κ2) is 22.2. The van der Waals surface area contributed by atoms with Gasteiger partial charge in [-0.2, -0.15) is 0 Å². The maximum atomic E-state index is 14.0. The van der Waals surface area contributed by atoms with Crippen LogP contribution in [0.1, 0.15) is 184 Å². The number of amides is 3. The zero-order valence-electron chi connectivity index (χ0n) is 40.4. The fourth-order valence-corrected chi connectivity index (χ4v) is 12.4. The number of likely N-dealkylation sites (tertiary alicyclic amines) is 2. The van der Waals surface area contributed by atoms with Crippen LogP contribution in [0.25, 0.3) is 0 Å². The molecule has 3 N–H and O–H groups in total. The minimum atomic E-state index is -0.642. The third-order valence-electron chi connectivity index (χ3n) is 15.7. The summed E-state index contributed by atoms with van der Waals surface area (Å²) >= 11 is 0. The van der Waals surface area contributed by atoms with Crippen LogP contribution in [0.4, 0.5) is 4.79 Å². The van der Waals surface area contributed by atoms with Crippen molar-refractivity contribution in [1.29, 1.82) is 0 Å². The molecule has 4 fully saturated rings. The molecule has 8 rings (SSSR count). The van der Waals surface area contributed by atoms with Gasteiger partial charge < -0.3 is 25.6 Å². The fourth-order valence-electron chi connectivity index (χ4n) is 12.4. The van der Waals surface area contributed by atoms with E-state index in [4.69, 9.17) is 10.5 Å². The summed E-state index contributed by atoms with van der Waals surface area (Å²) in [5.74, 6) is 1.82. The average Bonchev–Trinajstić information content (AvgIpc) is 3.90. The Morgan fingerprint density at radius 3 is 1.55 bits per heavy atom. The van der Waals surface area contributed by atoms with Gasteiger partial charge in [0.2, 0.25) is 11.8 Å². The van der Waals surface area contributed by atoms with Crippen LogP contribution < -0.4 is 11.1 Å². The van der Waals surface area contributed by atoms with Crippen LogP contribution in [0.5, 0.6) is 0 Å². The topological polar surface area (TPSA) is 139 Å². The van der Waals surface area contributed by atoms with Gasteiger partial charge in [-0.05, 0) is 156 Å². The molecule has 0 bridgehead atoms. The molecule has 0 spiro atoms. The number of hydrogen-bond donors (Lipinski definition) is 2. The number of carbonyl (C=O) groups is 5. The largest absolute Gasteiger partial charge is 0.444 e. The van der Waals surface area contributed by atoms with E-state index in [9.17, 15) is 24.0 Å². The number of aryl methyl sites for hydroxylation is 2. The summed E-state index contributed by atoms with van der Waals surface area (Å²) in [7, 11) is 0. The van der Waals surface area contributed by atoms with Crippen molar-refractivity contribution in [3.05, 3.63) is 70.8 Å². The summed E-state index contributed by atoms with van der Waals surface area (Å²) in [6.07, 6.45) is 19.3. The minimum absolute atomic E-state index is 0.0173. The monoisotopic (exact) mass is 893 g/mol. The molecular weight excluding hydrogens is 813 g/mol. The first-order valence-corrected chi connectivity index (χ1v) is 25.7. The predicted octanol–water partition coefficient (Wildman–Crippen LogP) is 9.99. The van der Waals surface area contributed by atoms with Gasteiger partial charge in [-0.15, -0.1) is 0 Å². The quantitative estimate of drug-likeness (QED) is 0.229. The summed E-state index contributed by atoms with van der Waals surface area (Å²) in [4.78, 5) is 70.6. The second-order valence-corrected chi connectivity index (χ2v) is 22.1. The van der Waals surface area contributed by atoms with Gasteiger partial charge in [-0.3, -0.25) is 19.2 Å². The standard InChI is InChI=1S/C30H44N2O4.C25H36N2O2/c1-20-17-25(26(33)18-23-15-10-14-21-11-8-9-16-24(21)23)32(19-20)28(34)27(22-12-6-5-7-13-22)31-29(35)36-30(2,3)4;1-17-14-22(27(16-17)25(29)24(26)19-9-3-2-4-10-19)23(28)15-20-12-7-11-18-8-5-6-13-21(18)20/h8-9,11,16,20,22-23,25,27H,5-7,10,12-15,17-19H2,1-4H3,(H,31,35);5-6,8,13,17,19-20,22,24H,2-4,7,9-12,14-16,26H2,1H3/t20-,23-,25-,27-;17-,20-,22-,24-/m00/s1. The third-order valence-corrected chi connectivity index (χ3v) is 15.7. The van der Waals surface area contributed by atoms with Crippen LogP contribution in [0, 0.1) is 23.7 Å². The van der Waals surface area contributed by atoms with Crippen LogP contribution in [-0.2, 0) is 36.8 Å². The predicted molar refractivity (Wildman–Crippen MR) is 256 cm³/mol. The van der Waals surface area contributed by atoms with E-state index in [-0.39, 0.29) is 53.1 Å². The summed E-state index contributed by atoms with van der Waals surface area (Å²) < 4.78 is 5.51. The lowest BCUT2D eigenvalue weighted by Crippen LogP contribution is -2.55. The first-order valence-electron chi connectivity index (χ1n) is 25.7. The molecule has 6 aliphatic rings. The number of nitrogens with zero attached hydrogens (tertiary/aromatic N) is 2. The highest BCUT2D eigenvalue weighted by atomic mass is 16.6. The Morgan fingerprint density at radius 2 is 1.08 bits per heavy atom. The lowest BCUT2D eigenvalue weighted by Gasteiger charge is -2.35. The van der Waals surface area contributed by atoms with Gasteiger partial charge in [-0.25, -0.2) is 4.79 Å². The summed E-state index contributed by atoms with van der Waals surface area (Å²) in [5, 5.41) is 2.92. The van der Waals surface area contributed by atoms with Crippen molar-refractivity contribution in [2.75, 3.05) is 13.1 Å². The molecule has 2 aromatic carbocycles. The zero-order valence-corrected chi connectivity index (χ0v) is 40.4. The number of rotatable bonds is 11. The number of hydrogen-bond acceptors (Lipinski definition) is 7. The molecule has 4 aliphatic carbocycles. The Morgan fingerprint density at radius 1 is 0.631 bits per heavy atom. The Hall–Kier alpha value is -4.05. The number of nitrogens with two attached hydrogens (primary N) is 1. The molecule has 0 aromatic heterocycles. The Bertz CT molecular complexity index is 1960. The molecule has 2 saturated heterocycles. The molecule has 10 heteroatoms.